The van der Waals surface area contributed by atoms with Crippen LogP contribution in [0.25, 0.3) is 5.57 Å². The Morgan fingerprint density at radius 3 is 2.45 bits per heavy atom. The van der Waals surface area contributed by atoms with Gasteiger partial charge < -0.3 is 4.74 Å². The summed E-state index contributed by atoms with van der Waals surface area (Å²) in [6.45, 7) is 2.30. The van der Waals surface area contributed by atoms with E-state index in [-0.39, 0.29) is 11.8 Å². The molecular formula is C22H16ClNO3S2. The van der Waals surface area contributed by atoms with Gasteiger partial charge in [-0.1, -0.05) is 41.6 Å². The van der Waals surface area contributed by atoms with Crippen molar-refractivity contribution in [2.45, 2.75) is 11.8 Å². The molecule has 0 bridgehead atoms. The largest absolute Gasteiger partial charge is 0.492 e. The molecule has 4 rings (SSSR count). The Labute approximate surface area is 181 Å². The van der Waals surface area contributed by atoms with E-state index in [4.69, 9.17) is 16.3 Å². The number of ether oxygens (including phenoxy) is 1. The molecule has 1 aromatic heterocycles. The smallest absolute Gasteiger partial charge is 0.273 e. The quantitative estimate of drug-likeness (QED) is 0.448. The molecule has 29 heavy (non-hydrogen) atoms. The van der Waals surface area contributed by atoms with Crippen LogP contribution in [-0.2, 0) is 9.59 Å². The third kappa shape index (κ3) is 3.83. The third-order valence-electron chi connectivity index (χ3n) is 4.25. The molecule has 146 valence electrons. The van der Waals surface area contributed by atoms with Crippen LogP contribution < -0.4 is 9.64 Å². The second-order valence-electron chi connectivity index (χ2n) is 6.08. The summed E-state index contributed by atoms with van der Waals surface area (Å²) in [4.78, 5) is 30.0. The van der Waals surface area contributed by atoms with Crippen molar-refractivity contribution in [2.75, 3.05) is 11.5 Å². The van der Waals surface area contributed by atoms with Crippen LogP contribution in [0.5, 0.6) is 5.75 Å². The van der Waals surface area contributed by atoms with Gasteiger partial charge in [-0.3, -0.25) is 9.59 Å². The molecule has 0 aliphatic carbocycles. The summed E-state index contributed by atoms with van der Waals surface area (Å²) in [7, 11) is 0. The van der Waals surface area contributed by atoms with Gasteiger partial charge in [0.05, 0.1) is 22.8 Å². The molecule has 1 aliphatic heterocycles. The van der Waals surface area contributed by atoms with Gasteiger partial charge in [0.1, 0.15) is 5.75 Å². The van der Waals surface area contributed by atoms with E-state index in [0.717, 1.165) is 9.77 Å². The molecule has 0 spiro atoms. The van der Waals surface area contributed by atoms with Crippen molar-refractivity contribution >= 4 is 57.8 Å². The first-order chi connectivity index (χ1) is 14.1. The Morgan fingerprint density at radius 2 is 1.76 bits per heavy atom. The molecule has 2 amide bonds. The number of imide groups is 1. The number of anilines is 1. The van der Waals surface area contributed by atoms with Gasteiger partial charge in [0.15, 0.2) is 0 Å². The summed E-state index contributed by atoms with van der Waals surface area (Å²) in [6.07, 6.45) is 0. The van der Waals surface area contributed by atoms with Crippen LogP contribution in [0.2, 0.25) is 5.02 Å². The number of thioether (sulfide) groups is 1. The molecule has 1 aliphatic rings. The molecule has 7 heteroatoms. The number of thiophene rings is 1. The highest BCUT2D eigenvalue weighted by Crippen LogP contribution is 2.44. The van der Waals surface area contributed by atoms with Crippen molar-refractivity contribution in [3.63, 3.8) is 0 Å². The van der Waals surface area contributed by atoms with E-state index in [1.807, 2.05) is 42.6 Å². The van der Waals surface area contributed by atoms with Gasteiger partial charge in [0, 0.05) is 14.8 Å². The molecule has 0 fully saturated rings. The first kappa shape index (κ1) is 19.8. The Morgan fingerprint density at radius 1 is 1.00 bits per heavy atom. The Bertz CT molecular complexity index is 1090. The number of para-hydroxylation sites is 2. The maximum Gasteiger partial charge on any atom is 0.273 e. The van der Waals surface area contributed by atoms with E-state index in [1.54, 1.807) is 30.3 Å². The molecule has 0 saturated carbocycles. The van der Waals surface area contributed by atoms with Gasteiger partial charge >= 0.3 is 0 Å². The average Bonchev–Trinajstić information content (AvgIpc) is 3.32. The van der Waals surface area contributed by atoms with E-state index >= 15 is 0 Å². The summed E-state index contributed by atoms with van der Waals surface area (Å²) in [5, 5.41) is 2.50. The number of halogens is 1. The first-order valence-corrected chi connectivity index (χ1v) is 11.0. The van der Waals surface area contributed by atoms with E-state index < -0.39 is 0 Å². The highest BCUT2D eigenvalue weighted by atomic mass is 35.5. The Hall–Kier alpha value is -2.54. The number of amides is 2. The lowest BCUT2D eigenvalue weighted by molar-refractivity contribution is -0.119. The lowest BCUT2D eigenvalue weighted by Gasteiger charge is -2.18. The molecule has 4 nitrogen and oxygen atoms in total. The van der Waals surface area contributed by atoms with Crippen LogP contribution in [0.15, 0.2) is 75.8 Å². The van der Waals surface area contributed by atoms with Crippen LogP contribution in [0.1, 0.15) is 11.8 Å². The van der Waals surface area contributed by atoms with Gasteiger partial charge in [-0.05, 0) is 54.8 Å². The van der Waals surface area contributed by atoms with Crippen molar-refractivity contribution < 1.29 is 14.3 Å². The van der Waals surface area contributed by atoms with Crippen LogP contribution in [0.4, 0.5) is 5.69 Å². The van der Waals surface area contributed by atoms with E-state index in [2.05, 4.69) is 0 Å². The zero-order valence-electron chi connectivity index (χ0n) is 15.4. The lowest BCUT2D eigenvalue weighted by Crippen LogP contribution is -2.31. The van der Waals surface area contributed by atoms with Crippen molar-refractivity contribution in [2.24, 2.45) is 0 Å². The van der Waals surface area contributed by atoms with Gasteiger partial charge in [-0.15, -0.1) is 11.3 Å². The summed E-state index contributed by atoms with van der Waals surface area (Å²) in [6, 6.07) is 18.0. The topological polar surface area (TPSA) is 46.6 Å². The monoisotopic (exact) mass is 441 g/mol. The minimum absolute atomic E-state index is 0.346. The van der Waals surface area contributed by atoms with Gasteiger partial charge in [0.2, 0.25) is 0 Å². The number of hydrogen-bond acceptors (Lipinski definition) is 5. The molecular weight excluding hydrogens is 426 g/mol. The Balaban J connectivity index is 1.79. The summed E-state index contributed by atoms with van der Waals surface area (Å²) < 4.78 is 5.66. The average molecular weight is 442 g/mol. The van der Waals surface area contributed by atoms with Crippen LogP contribution in [-0.4, -0.2) is 18.4 Å². The fraction of sp³-hybridized carbons (Fsp3) is 0.0909. The molecule has 2 aromatic carbocycles. The zero-order chi connectivity index (χ0) is 20.4. The number of carbonyl (C=O) groups excluding carboxylic acids is 2. The lowest BCUT2D eigenvalue weighted by atomic mass is 10.2. The van der Waals surface area contributed by atoms with Crippen molar-refractivity contribution in [3.05, 3.63) is 80.8 Å². The molecule has 0 saturated heterocycles. The second-order valence-corrected chi connectivity index (χ2v) is 8.55. The minimum Gasteiger partial charge on any atom is -0.492 e. The predicted molar refractivity (Wildman–Crippen MR) is 119 cm³/mol. The number of nitrogens with zero attached hydrogens (tertiary/aromatic N) is 1. The van der Waals surface area contributed by atoms with Crippen molar-refractivity contribution in [1.29, 1.82) is 0 Å². The van der Waals surface area contributed by atoms with E-state index in [0.29, 0.717) is 33.5 Å². The standard InChI is InChI=1S/C22H16ClNO3S2/c1-2-27-17-7-4-3-6-16(17)24-21(25)19(18-8-5-13-28-18)20(22(24)26)29-15-11-9-14(23)10-12-15/h3-13H,2H2,1H3. The number of carbonyl (C=O) groups is 2. The van der Waals surface area contributed by atoms with Crippen LogP contribution >= 0.6 is 34.7 Å². The highest BCUT2D eigenvalue weighted by Gasteiger charge is 2.42. The molecule has 0 N–H and O–H groups in total. The second kappa shape index (κ2) is 8.45. The number of hydrogen-bond donors (Lipinski definition) is 0. The van der Waals surface area contributed by atoms with Crippen LogP contribution in [0, 0.1) is 0 Å². The maximum absolute atomic E-state index is 13.4. The normalized spacial score (nSPS) is 14.1. The summed E-state index contributed by atoms with van der Waals surface area (Å²) >= 11 is 8.68. The molecule has 0 atom stereocenters. The number of benzene rings is 2. The minimum atomic E-state index is -0.356. The molecule has 0 unspecified atom stereocenters. The fourth-order valence-electron chi connectivity index (χ4n) is 3.00. The van der Waals surface area contributed by atoms with Crippen molar-refractivity contribution in [1.82, 2.24) is 0 Å². The molecule has 0 radical (unpaired) electrons. The Kier molecular flexibility index (Phi) is 5.76. The predicted octanol–water partition coefficient (Wildman–Crippen LogP) is 5.88. The summed E-state index contributed by atoms with van der Waals surface area (Å²) in [5.74, 6) is -0.202. The molecule has 2 heterocycles. The fourth-order valence-corrected chi connectivity index (χ4v) is 4.95. The van der Waals surface area contributed by atoms with Gasteiger partial charge in [0.25, 0.3) is 11.8 Å². The SMILES string of the molecule is CCOc1ccccc1N1C(=O)C(Sc2ccc(Cl)cc2)=C(c2cccs2)C1=O. The highest BCUT2D eigenvalue weighted by molar-refractivity contribution is 8.04. The maximum atomic E-state index is 13.4. The summed E-state index contributed by atoms with van der Waals surface area (Å²) in [5.41, 5.74) is 0.862. The first-order valence-electron chi connectivity index (χ1n) is 8.92. The molecule has 3 aromatic rings. The third-order valence-corrected chi connectivity index (χ3v) is 6.48. The van der Waals surface area contributed by atoms with Crippen LogP contribution in [0.3, 0.4) is 0 Å². The van der Waals surface area contributed by atoms with Crippen molar-refractivity contribution in [3.8, 4) is 5.75 Å². The van der Waals surface area contributed by atoms with E-state index in [1.165, 1.54) is 28.0 Å². The zero-order valence-corrected chi connectivity index (χ0v) is 17.8. The number of rotatable bonds is 6. The van der Waals surface area contributed by atoms with E-state index in [9.17, 15) is 9.59 Å². The van der Waals surface area contributed by atoms with Gasteiger partial charge in [-0.25, -0.2) is 4.90 Å². The van der Waals surface area contributed by atoms with Gasteiger partial charge in [-0.2, -0.15) is 0 Å².